The van der Waals surface area contributed by atoms with E-state index >= 15 is 0 Å². The van der Waals surface area contributed by atoms with Crippen LogP contribution in [0.3, 0.4) is 0 Å². The van der Waals surface area contributed by atoms with Gasteiger partial charge in [-0.2, -0.15) is 0 Å². The Balaban J connectivity index is 1.49. The largest absolute Gasteiger partial charge is 0.486 e. The lowest BCUT2D eigenvalue weighted by atomic mass is 9.95. The molecule has 1 aromatic carbocycles. The van der Waals surface area contributed by atoms with Crippen molar-refractivity contribution in [3.8, 4) is 5.75 Å². The molecule has 0 aliphatic carbocycles. The van der Waals surface area contributed by atoms with E-state index in [0.717, 1.165) is 6.42 Å². The van der Waals surface area contributed by atoms with E-state index in [1.807, 2.05) is 6.92 Å². The molecule has 6 nitrogen and oxygen atoms in total. The molecule has 2 heterocycles. The Morgan fingerprint density at radius 2 is 1.89 bits per heavy atom. The molecule has 0 saturated carbocycles. The van der Waals surface area contributed by atoms with Gasteiger partial charge in [0.05, 0.1) is 0 Å². The number of hydrogen-bond donors (Lipinski definition) is 1. The fraction of sp³-hybridized carbons (Fsp3) is 0.429. The van der Waals surface area contributed by atoms with Crippen LogP contribution in [0.2, 0.25) is 0 Å². The standard InChI is InChI=1S/C21H25FN2O4/c1-2-11-23-20(25)15-9-12-24(13-10-15)21(26)19-8-7-18(28-19)14-27-17-5-3-16(22)4-6-17/h3-8,15H,2,9-14H2,1H3,(H,23,25). The second-order valence-electron chi connectivity index (χ2n) is 6.87. The highest BCUT2D eigenvalue weighted by atomic mass is 19.1. The average molecular weight is 388 g/mol. The van der Waals surface area contributed by atoms with E-state index in [0.29, 0.717) is 44.0 Å². The molecule has 1 saturated heterocycles. The van der Waals surface area contributed by atoms with E-state index in [2.05, 4.69) is 5.32 Å². The first-order valence-corrected chi connectivity index (χ1v) is 9.61. The lowest BCUT2D eigenvalue weighted by Gasteiger charge is -2.30. The summed E-state index contributed by atoms with van der Waals surface area (Å²) in [6, 6.07) is 9.03. The summed E-state index contributed by atoms with van der Waals surface area (Å²) >= 11 is 0. The van der Waals surface area contributed by atoms with Crippen molar-refractivity contribution < 1.29 is 23.1 Å². The minimum Gasteiger partial charge on any atom is -0.486 e. The molecule has 150 valence electrons. The van der Waals surface area contributed by atoms with Gasteiger partial charge in [-0.3, -0.25) is 9.59 Å². The summed E-state index contributed by atoms with van der Waals surface area (Å²) in [5.41, 5.74) is 0. The van der Waals surface area contributed by atoms with Crippen LogP contribution in [0.25, 0.3) is 0 Å². The first kappa shape index (κ1) is 19.9. The summed E-state index contributed by atoms with van der Waals surface area (Å²) in [6.45, 7) is 3.92. The molecule has 0 spiro atoms. The minimum absolute atomic E-state index is 0.0353. The highest BCUT2D eigenvalue weighted by Gasteiger charge is 2.28. The van der Waals surface area contributed by atoms with Crippen LogP contribution in [0.15, 0.2) is 40.8 Å². The predicted octanol–water partition coefficient (Wildman–Crippen LogP) is 3.38. The molecule has 1 aromatic heterocycles. The molecule has 0 radical (unpaired) electrons. The topological polar surface area (TPSA) is 71.8 Å². The van der Waals surface area contributed by atoms with E-state index in [-0.39, 0.29) is 35.9 Å². The number of benzene rings is 1. The van der Waals surface area contributed by atoms with Crippen LogP contribution in [0, 0.1) is 11.7 Å². The van der Waals surface area contributed by atoms with Gasteiger partial charge in [0.1, 0.15) is 23.9 Å². The summed E-state index contributed by atoms with van der Waals surface area (Å²) in [4.78, 5) is 26.4. The summed E-state index contributed by atoms with van der Waals surface area (Å²) < 4.78 is 24.0. The SMILES string of the molecule is CCCNC(=O)C1CCN(C(=O)c2ccc(COc3ccc(F)cc3)o2)CC1. The summed E-state index contributed by atoms with van der Waals surface area (Å²) in [6.07, 6.45) is 2.22. The molecule has 7 heteroatoms. The summed E-state index contributed by atoms with van der Waals surface area (Å²) in [7, 11) is 0. The van der Waals surface area contributed by atoms with Crippen molar-refractivity contribution >= 4 is 11.8 Å². The normalized spacial score (nSPS) is 14.7. The van der Waals surface area contributed by atoms with Crippen LogP contribution in [-0.2, 0) is 11.4 Å². The van der Waals surface area contributed by atoms with Gasteiger partial charge in [-0.15, -0.1) is 0 Å². The maximum absolute atomic E-state index is 12.9. The third-order valence-electron chi connectivity index (χ3n) is 4.77. The molecule has 1 fully saturated rings. The molecule has 1 aliphatic heterocycles. The fourth-order valence-corrected chi connectivity index (χ4v) is 3.15. The Kier molecular flexibility index (Phi) is 6.68. The zero-order chi connectivity index (χ0) is 19.9. The summed E-state index contributed by atoms with van der Waals surface area (Å²) in [5.74, 6) is 0.825. The lowest BCUT2D eigenvalue weighted by Crippen LogP contribution is -2.43. The summed E-state index contributed by atoms with van der Waals surface area (Å²) in [5, 5.41) is 2.92. The molecule has 0 unspecified atom stereocenters. The second kappa shape index (κ2) is 9.39. The Bertz CT molecular complexity index is 795. The van der Waals surface area contributed by atoms with Crippen LogP contribution in [-0.4, -0.2) is 36.3 Å². The number of piperidine rings is 1. The highest BCUT2D eigenvalue weighted by Crippen LogP contribution is 2.21. The van der Waals surface area contributed by atoms with Crippen LogP contribution < -0.4 is 10.1 Å². The lowest BCUT2D eigenvalue weighted by molar-refractivity contribution is -0.126. The number of hydrogen-bond acceptors (Lipinski definition) is 4. The van der Waals surface area contributed by atoms with Crippen molar-refractivity contribution in [2.24, 2.45) is 5.92 Å². The van der Waals surface area contributed by atoms with Gasteiger partial charge in [-0.25, -0.2) is 4.39 Å². The van der Waals surface area contributed by atoms with E-state index in [9.17, 15) is 14.0 Å². The molecule has 2 aromatic rings. The second-order valence-corrected chi connectivity index (χ2v) is 6.87. The van der Waals surface area contributed by atoms with Crippen LogP contribution >= 0.6 is 0 Å². The predicted molar refractivity (Wildman–Crippen MR) is 101 cm³/mol. The molecule has 1 N–H and O–H groups in total. The maximum Gasteiger partial charge on any atom is 0.289 e. The van der Waals surface area contributed by atoms with Gasteiger partial charge in [0.15, 0.2) is 5.76 Å². The smallest absolute Gasteiger partial charge is 0.289 e. The molecule has 3 rings (SSSR count). The Morgan fingerprint density at radius 3 is 2.57 bits per heavy atom. The van der Waals surface area contributed by atoms with Crippen LogP contribution in [0.4, 0.5) is 4.39 Å². The monoisotopic (exact) mass is 388 g/mol. The Labute approximate surface area is 163 Å². The molecule has 1 aliphatic rings. The molecule has 0 bridgehead atoms. The zero-order valence-electron chi connectivity index (χ0n) is 15.9. The number of rotatable bonds is 7. The average Bonchev–Trinajstić information content (AvgIpc) is 3.20. The van der Waals surface area contributed by atoms with E-state index in [4.69, 9.17) is 9.15 Å². The molecule has 0 atom stereocenters. The van der Waals surface area contributed by atoms with Crippen molar-refractivity contribution in [2.45, 2.75) is 32.8 Å². The van der Waals surface area contributed by atoms with E-state index in [1.165, 1.54) is 24.3 Å². The van der Waals surface area contributed by atoms with Crippen molar-refractivity contribution in [1.29, 1.82) is 0 Å². The number of carbonyl (C=O) groups excluding carboxylic acids is 2. The van der Waals surface area contributed by atoms with E-state index < -0.39 is 0 Å². The number of ether oxygens (including phenoxy) is 1. The number of likely N-dealkylation sites (tertiary alicyclic amines) is 1. The molecule has 2 amide bonds. The van der Waals surface area contributed by atoms with Crippen LogP contribution in [0.5, 0.6) is 5.75 Å². The first-order valence-electron chi connectivity index (χ1n) is 9.61. The Hall–Kier alpha value is -2.83. The van der Waals surface area contributed by atoms with Crippen molar-refractivity contribution in [3.63, 3.8) is 0 Å². The van der Waals surface area contributed by atoms with Gasteiger partial charge in [-0.05, 0) is 55.7 Å². The van der Waals surface area contributed by atoms with Gasteiger partial charge in [0.25, 0.3) is 5.91 Å². The quantitative estimate of drug-likeness (QED) is 0.789. The van der Waals surface area contributed by atoms with Crippen LogP contribution in [0.1, 0.15) is 42.5 Å². The minimum atomic E-state index is -0.329. The fourth-order valence-electron chi connectivity index (χ4n) is 3.15. The number of amides is 2. The van der Waals surface area contributed by atoms with E-state index in [1.54, 1.807) is 17.0 Å². The maximum atomic E-state index is 12.9. The zero-order valence-corrected chi connectivity index (χ0v) is 15.9. The molecule has 28 heavy (non-hydrogen) atoms. The third-order valence-corrected chi connectivity index (χ3v) is 4.77. The van der Waals surface area contributed by atoms with Crippen molar-refractivity contribution in [3.05, 3.63) is 53.7 Å². The Morgan fingerprint density at radius 1 is 1.18 bits per heavy atom. The van der Waals surface area contributed by atoms with Crippen molar-refractivity contribution in [1.82, 2.24) is 10.2 Å². The number of nitrogens with zero attached hydrogens (tertiary/aromatic N) is 1. The first-order chi connectivity index (χ1) is 13.6. The number of halogens is 1. The molecular formula is C21H25FN2O4. The van der Waals surface area contributed by atoms with Gasteiger partial charge < -0.3 is 19.4 Å². The number of nitrogens with one attached hydrogen (secondary N) is 1. The van der Waals surface area contributed by atoms with Gasteiger partial charge in [0.2, 0.25) is 5.91 Å². The third kappa shape index (κ3) is 5.12. The van der Waals surface area contributed by atoms with Gasteiger partial charge in [-0.1, -0.05) is 6.92 Å². The van der Waals surface area contributed by atoms with Gasteiger partial charge in [0, 0.05) is 25.6 Å². The molecular weight excluding hydrogens is 363 g/mol. The highest BCUT2D eigenvalue weighted by molar-refractivity contribution is 5.91. The number of carbonyl (C=O) groups is 2. The van der Waals surface area contributed by atoms with Gasteiger partial charge >= 0.3 is 0 Å². The van der Waals surface area contributed by atoms with Crippen molar-refractivity contribution in [2.75, 3.05) is 19.6 Å². The number of furan rings is 1.